The van der Waals surface area contributed by atoms with E-state index in [2.05, 4.69) is 10.1 Å². The van der Waals surface area contributed by atoms with Crippen molar-refractivity contribution < 1.29 is 14.1 Å². The van der Waals surface area contributed by atoms with Gasteiger partial charge in [-0.15, -0.1) is 0 Å². The number of rotatable bonds is 4. The number of carbonyl (C=O) groups excluding carboxylic acids is 1. The second kappa shape index (κ2) is 4.74. The molecule has 0 amide bonds. The van der Waals surface area contributed by atoms with Crippen molar-refractivity contribution in [3.63, 3.8) is 0 Å². The van der Waals surface area contributed by atoms with Gasteiger partial charge in [-0.25, -0.2) is 0 Å². The van der Waals surface area contributed by atoms with Crippen molar-refractivity contribution in [1.29, 1.82) is 0 Å². The van der Waals surface area contributed by atoms with E-state index in [0.29, 0.717) is 24.7 Å². The van der Waals surface area contributed by atoms with E-state index in [1.54, 1.807) is 0 Å². The summed E-state index contributed by atoms with van der Waals surface area (Å²) < 4.78 is 10.5. The first-order valence-corrected chi connectivity index (χ1v) is 5.70. The van der Waals surface area contributed by atoms with E-state index in [1.807, 2.05) is 13.8 Å². The van der Waals surface area contributed by atoms with E-state index in [0.717, 1.165) is 12.8 Å². The number of hydrogen-bond donors (Lipinski definition) is 0. The first kappa shape index (κ1) is 11.3. The van der Waals surface area contributed by atoms with Gasteiger partial charge in [0.1, 0.15) is 11.9 Å². The molecule has 1 saturated carbocycles. The van der Waals surface area contributed by atoms with Crippen LogP contribution in [0.15, 0.2) is 4.52 Å². The summed E-state index contributed by atoms with van der Waals surface area (Å²) in [5.41, 5.74) is 0. The molecular formula is C11H16N2O3. The Morgan fingerprint density at radius 2 is 2.44 bits per heavy atom. The lowest BCUT2D eigenvalue weighted by atomic mass is 10.1. The fourth-order valence-electron chi connectivity index (χ4n) is 1.96. The van der Waals surface area contributed by atoms with Gasteiger partial charge in [-0.3, -0.25) is 4.79 Å². The monoisotopic (exact) mass is 224 g/mol. The number of ketones is 1. The van der Waals surface area contributed by atoms with Crippen molar-refractivity contribution in [2.75, 3.05) is 6.61 Å². The number of aromatic nitrogens is 2. The normalized spacial score (nSPS) is 22.6. The number of Topliss-reactive ketones (excluding diaryl/α,β-unsaturated/α-hetero) is 1. The molecule has 2 unspecified atom stereocenters. The SMILES string of the molecule is CCOC(C)c1noc(C2CCCC2=O)n1. The molecule has 0 radical (unpaired) electrons. The van der Waals surface area contributed by atoms with Crippen LogP contribution >= 0.6 is 0 Å². The summed E-state index contributed by atoms with van der Waals surface area (Å²) in [6.45, 7) is 4.39. The van der Waals surface area contributed by atoms with Crippen molar-refractivity contribution in [1.82, 2.24) is 10.1 Å². The van der Waals surface area contributed by atoms with Crippen LogP contribution in [-0.2, 0) is 9.53 Å². The van der Waals surface area contributed by atoms with Crippen LogP contribution in [0, 0.1) is 0 Å². The molecule has 1 aliphatic rings. The highest BCUT2D eigenvalue weighted by molar-refractivity contribution is 5.86. The zero-order valence-electron chi connectivity index (χ0n) is 9.60. The van der Waals surface area contributed by atoms with Gasteiger partial charge < -0.3 is 9.26 Å². The summed E-state index contributed by atoms with van der Waals surface area (Å²) in [4.78, 5) is 15.8. The molecule has 1 heterocycles. The smallest absolute Gasteiger partial charge is 0.237 e. The molecule has 2 atom stereocenters. The third-order valence-electron chi connectivity index (χ3n) is 2.84. The maximum absolute atomic E-state index is 11.5. The fraction of sp³-hybridized carbons (Fsp3) is 0.727. The summed E-state index contributed by atoms with van der Waals surface area (Å²) in [5.74, 6) is 0.995. The molecule has 1 aromatic rings. The Balaban J connectivity index is 2.09. The first-order valence-electron chi connectivity index (χ1n) is 5.70. The fourth-order valence-corrected chi connectivity index (χ4v) is 1.96. The quantitative estimate of drug-likeness (QED) is 0.782. The van der Waals surface area contributed by atoms with E-state index in [4.69, 9.17) is 9.26 Å². The minimum Gasteiger partial charge on any atom is -0.371 e. The van der Waals surface area contributed by atoms with E-state index >= 15 is 0 Å². The van der Waals surface area contributed by atoms with Gasteiger partial charge in [-0.1, -0.05) is 5.16 Å². The molecule has 1 aliphatic carbocycles. The second-order valence-corrected chi connectivity index (χ2v) is 4.00. The van der Waals surface area contributed by atoms with Crippen LogP contribution < -0.4 is 0 Å². The van der Waals surface area contributed by atoms with Gasteiger partial charge in [0.25, 0.3) is 0 Å². The zero-order valence-corrected chi connectivity index (χ0v) is 9.60. The molecule has 0 saturated heterocycles. The molecule has 0 N–H and O–H groups in total. The summed E-state index contributed by atoms with van der Waals surface area (Å²) in [7, 11) is 0. The van der Waals surface area contributed by atoms with Crippen LogP contribution in [0.2, 0.25) is 0 Å². The minimum atomic E-state index is -0.185. The topological polar surface area (TPSA) is 65.2 Å². The molecule has 88 valence electrons. The number of nitrogens with zero attached hydrogens (tertiary/aromatic N) is 2. The van der Waals surface area contributed by atoms with E-state index in [-0.39, 0.29) is 17.8 Å². The Morgan fingerprint density at radius 1 is 1.62 bits per heavy atom. The van der Waals surface area contributed by atoms with Crippen molar-refractivity contribution in [3.8, 4) is 0 Å². The maximum Gasteiger partial charge on any atom is 0.237 e. The van der Waals surface area contributed by atoms with Crippen LogP contribution in [0.3, 0.4) is 0 Å². The Kier molecular flexibility index (Phi) is 3.33. The molecule has 1 fully saturated rings. The van der Waals surface area contributed by atoms with Crippen molar-refractivity contribution in [3.05, 3.63) is 11.7 Å². The van der Waals surface area contributed by atoms with Crippen molar-refractivity contribution in [2.45, 2.75) is 45.1 Å². The first-order chi connectivity index (χ1) is 7.72. The van der Waals surface area contributed by atoms with E-state index in [1.165, 1.54) is 0 Å². The molecule has 0 aromatic carbocycles. The third kappa shape index (κ3) is 2.14. The highest BCUT2D eigenvalue weighted by atomic mass is 16.5. The standard InChI is InChI=1S/C11H16N2O3/c1-3-15-7(2)10-12-11(16-13-10)8-5-4-6-9(8)14/h7-8H,3-6H2,1-2H3. The van der Waals surface area contributed by atoms with Crippen molar-refractivity contribution >= 4 is 5.78 Å². The number of carbonyl (C=O) groups is 1. The molecule has 0 aliphatic heterocycles. The molecule has 0 spiro atoms. The van der Waals surface area contributed by atoms with Gasteiger partial charge in [0, 0.05) is 13.0 Å². The van der Waals surface area contributed by atoms with Gasteiger partial charge in [-0.2, -0.15) is 4.98 Å². The molecule has 5 nitrogen and oxygen atoms in total. The predicted octanol–water partition coefficient (Wildman–Crippen LogP) is 2.00. The summed E-state index contributed by atoms with van der Waals surface area (Å²) in [5, 5.41) is 3.85. The van der Waals surface area contributed by atoms with E-state index < -0.39 is 0 Å². The van der Waals surface area contributed by atoms with Crippen LogP contribution in [0.5, 0.6) is 0 Å². The molecule has 1 aromatic heterocycles. The van der Waals surface area contributed by atoms with Gasteiger partial charge in [0.15, 0.2) is 5.82 Å². The summed E-state index contributed by atoms with van der Waals surface area (Å²) in [6, 6.07) is 0. The largest absolute Gasteiger partial charge is 0.371 e. The number of ether oxygens (including phenoxy) is 1. The van der Waals surface area contributed by atoms with Crippen LogP contribution in [0.1, 0.15) is 56.8 Å². The molecule has 5 heteroatoms. The Hall–Kier alpha value is -1.23. The average molecular weight is 224 g/mol. The Morgan fingerprint density at radius 3 is 3.06 bits per heavy atom. The highest BCUT2D eigenvalue weighted by Crippen LogP contribution is 2.30. The summed E-state index contributed by atoms with van der Waals surface area (Å²) >= 11 is 0. The zero-order chi connectivity index (χ0) is 11.5. The lowest BCUT2D eigenvalue weighted by molar-refractivity contribution is -0.119. The third-order valence-corrected chi connectivity index (χ3v) is 2.84. The van der Waals surface area contributed by atoms with Crippen LogP contribution in [-0.4, -0.2) is 22.5 Å². The molecule has 2 rings (SSSR count). The van der Waals surface area contributed by atoms with Gasteiger partial charge in [0.05, 0.1) is 5.92 Å². The summed E-state index contributed by atoms with van der Waals surface area (Å²) in [6.07, 6.45) is 2.19. The highest BCUT2D eigenvalue weighted by Gasteiger charge is 2.31. The lowest BCUT2D eigenvalue weighted by Gasteiger charge is -2.05. The van der Waals surface area contributed by atoms with Gasteiger partial charge in [0.2, 0.25) is 5.89 Å². The Labute approximate surface area is 94.2 Å². The van der Waals surface area contributed by atoms with E-state index in [9.17, 15) is 4.79 Å². The van der Waals surface area contributed by atoms with Crippen LogP contribution in [0.25, 0.3) is 0 Å². The molecular weight excluding hydrogens is 208 g/mol. The minimum absolute atomic E-state index is 0.181. The number of hydrogen-bond acceptors (Lipinski definition) is 5. The molecule has 0 bridgehead atoms. The average Bonchev–Trinajstić information content (AvgIpc) is 2.86. The van der Waals surface area contributed by atoms with Crippen molar-refractivity contribution in [2.24, 2.45) is 0 Å². The lowest BCUT2D eigenvalue weighted by Crippen LogP contribution is -2.06. The van der Waals surface area contributed by atoms with Crippen LogP contribution in [0.4, 0.5) is 0 Å². The van der Waals surface area contributed by atoms with Gasteiger partial charge >= 0.3 is 0 Å². The maximum atomic E-state index is 11.5. The Bertz CT molecular complexity index is 375. The molecule has 16 heavy (non-hydrogen) atoms. The second-order valence-electron chi connectivity index (χ2n) is 4.00. The predicted molar refractivity (Wildman–Crippen MR) is 55.9 cm³/mol. The van der Waals surface area contributed by atoms with Gasteiger partial charge in [-0.05, 0) is 26.7 Å².